The molecule has 2 nitrogen and oxygen atoms in total. The highest BCUT2D eigenvalue weighted by molar-refractivity contribution is 9.11. The summed E-state index contributed by atoms with van der Waals surface area (Å²) in [5, 5.41) is 3.30. The number of halogens is 2. The molecule has 0 bridgehead atoms. The lowest BCUT2D eigenvalue weighted by atomic mass is 10.2. The lowest BCUT2D eigenvalue weighted by molar-refractivity contribution is 0.293. The maximum atomic E-state index is 14.0. The molecule has 0 amide bonds. The minimum Gasteiger partial charge on any atom is -0.485 e. The van der Waals surface area contributed by atoms with Crippen molar-refractivity contribution in [2.24, 2.45) is 5.92 Å². The van der Waals surface area contributed by atoms with E-state index in [0.29, 0.717) is 24.8 Å². The Labute approximate surface area is 137 Å². The second-order valence-corrected chi connectivity index (χ2v) is 7.83. The van der Waals surface area contributed by atoms with Gasteiger partial charge in [-0.05, 0) is 58.2 Å². The maximum absolute atomic E-state index is 14.0. The Morgan fingerprint density at radius 2 is 2.10 bits per heavy atom. The Kier molecular flexibility index (Phi) is 6.21. The molecule has 21 heavy (non-hydrogen) atoms. The van der Waals surface area contributed by atoms with Crippen LogP contribution in [0.4, 0.5) is 4.39 Å². The molecule has 0 radical (unpaired) electrons. The average Bonchev–Trinajstić information content (AvgIpc) is 2.83. The highest BCUT2D eigenvalue weighted by Gasteiger charge is 2.06. The van der Waals surface area contributed by atoms with Crippen molar-refractivity contribution in [1.82, 2.24) is 5.32 Å². The van der Waals surface area contributed by atoms with E-state index in [1.54, 1.807) is 17.4 Å². The van der Waals surface area contributed by atoms with Gasteiger partial charge < -0.3 is 10.1 Å². The predicted molar refractivity (Wildman–Crippen MR) is 89.3 cm³/mol. The molecule has 0 aliphatic carbocycles. The Morgan fingerprint density at radius 1 is 1.29 bits per heavy atom. The molecule has 1 aromatic carbocycles. The zero-order valence-corrected chi connectivity index (χ0v) is 14.6. The normalized spacial score (nSPS) is 11.1. The largest absolute Gasteiger partial charge is 0.485 e. The monoisotopic (exact) mass is 371 g/mol. The molecule has 2 aromatic rings. The van der Waals surface area contributed by atoms with Gasteiger partial charge in [0.25, 0.3) is 0 Å². The van der Waals surface area contributed by atoms with Crippen LogP contribution in [0.25, 0.3) is 0 Å². The highest BCUT2D eigenvalue weighted by Crippen LogP contribution is 2.25. The molecule has 0 unspecified atom stereocenters. The number of thiophene rings is 1. The molecule has 0 saturated carbocycles. The number of nitrogens with one attached hydrogen (secondary N) is 1. The van der Waals surface area contributed by atoms with Crippen LogP contribution in [0, 0.1) is 11.7 Å². The maximum Gasteiger partial charge on any atom is 0.165 e. The zero-order chi connectivity index (χ0) is 15.2. The molecule has 0 atom stereocenters. The molecule has 1 aromatic heterocycles. The quantitative estimate of drug-likeness (QED) is 0.741. The molecule has 114 valence electrons. The second-order valence-electron chi connectivity index (χ2n) is 5.28. The molecule has 1 heterocycles. The van der Waals surface area contributed by atoms with Crippen LogP contribution < -0.4 is 10.1 Å². The van der Waals surface area contributed by atoms with Crippen molar-refractivity contribution in [3.63, 3.8) is 0 Å². The number of hydrogen-bond donors (Lipinski definition) is 1. The van der Waals surface area contributed by atoms with Crippen LogP contribution in [0.1, 0.15) is 24.3 Å². The van der Waals surface area contributed by atoms with E-state index >= 15 is 0 Å². The molecule has 2 rings (SSSR count). The summed E-state index contributed by atoms with van der Waals surface area (Å²) < 4.78 is 20.6. The predicted octanol–water partition coefficient (Wildman–Crippen LogP) is 4.97. The Balaban J connectivity index is 1.89. The van der Waals surface area contributed by atoms with Gasteiger partial charge in [0.05, 0.1) is 3.79 Å². The highest BCUT2D eigenvalue weighted by atomic mass is 79.9. The third-order valence-corrected chi connectivity index (χ3v) is 4.47. The standard InChI is InChI=1S/C16H19BrFNOS/c1-11(2)8-19-9-12-3-5-15(14(18)7-12)20-10-13-4-6-16(17)21-13/h3-7,11,19H,8-10H2,1-2H3. The first-order valence-corrected chi connectivity index (χ1v) is 8.51. The van der Waals surface area contributed by atoms with E-state index in [1.165, 1.54) is 6.07 Å². The fraction of sp³-hybridized carbons (Fsp3) is 0.375. The zero-order valence-electron chi connectivity index (χ0n) is 12.2. The lowest BCUT2D eigenvalue weighted by Gasteiger charge is -2.10. The topological polar surface area (TPSA) is 21.3 Å². The second kappa shape index (κ2) is 7.92. The van der Waals surface area contributed by atoms with Crippen molar-refractivity contribution in [1.29, 1.82) is 0 Å². The van der Waals surface area contributed by atoms with E-state index in [9.17, 15) is 4.39 Å². The van der Waals surface area contributed by atoms with Crippen molar-refractivity contribution in [2.75, 3.05) is 6.54 Å². The minimum atomic E-state index is -0.311. The van der Waals surface area contributed by atoms with Crippen molar-refractivity contribution in [3.05, 3.63) is 50.4 Å². The van der Waals surface area contributed by atoms with Crippen LogP contribution in [0.3, 0.4) is 0 Å². The van der Waals surface area contributed by atoms with Crippen LogP contribution in [0.2, 0.25) is 0 Å². The molecule has 1 N–H and O–H groups in total. The minimum absolute atomic E-state index is 0.298. The van der Waals surface area contributed by atoms with Crippen molar-refractivity contribution < 1.29 is 9.13 Å². The molecule has 0 aliphatic rings. The van der Waals surface area contributed by atoms with E-state index in [4.69, 9.17) is 4.74 Å². The summed E-state index contributed by atoms with van der Waals surface area (Å²) in [7, 11) is 0. The number of ether oxygens (including phenoxy) is 1. The fourth-order valence-electron chi connectivity index (χ4n) is 1.85. The third kappa shape index (κ3) is 5.41. The van der Waals surface area contributed by atoms with Crippen molar-refractivity contribution >= 4 is 27.3 Å². The summed E-state index contributed by atoms with van der Waals surface area (Å²) in [5.41, 5.74) is 0.930. The van der Waals surface area contributed by atoms with Gasteiger partial charge in [-0.1, -0.05) is 19.9 Å². The van der Waals surface area contributed by atoms with E-state index < -0.39 is 0 Å². The van der Waals surface area contributed by atoms with Crippen LogP contribution in [0.15, 0.2) is 34.1 Å². The Morgan fingerprint density at radius 3 is 2.71 bits per heavy atom. The van der Waals surface area contributed by atoms with Gasteiger partial charge >= 0.3 is 0 Å². The van der Waals surface area contributed by atoms with Gasteiger partial charge in [0.1, 0.15) is 6.61 Å². The molecular weight excluding hydrogens is 353 g/mol. The van der Waals surface area contributed by atoms with Gasteiger partial charge in [-0.3, -0.25) is 0 Å². The molecule has 0 fully saturated rings. The molecule has 5 heteroatoms. The van der Waals surface area contributed by atoms with Crippen molar-refractivity contribution in [2.45, 2.75) is 27.0 Å². The van der Waals surface area contributed by atoms with Gasteiger partial charge in [0.2, 0.25) is 0 Å². The van der Waals surface area contributed by atoms with Crippen molar-refractivity contribution in [3.8, 4) is 5.75 Å². The van der Waals surface area contributed by atoms with Gasteiger partial charge in [0, 0.05) is 11.4 Å². The smallest absolute Gasteiger partial charge is 0.165 e. The average molecular weight is 372 g/mol. The summed E-state index contributed by atoms with van der Waals surface area (Å²) in [4.78, 5) is 1.06. The summed E-state index contributed by atoms with van der Waals surface area (Å²) >= 11 is 4.99. The van der Waals surface area contributed by atoms with Crippen LogP contribution >= 0.6 is 27.3 Å². The Bertz CT molecular complexity index is 585. The van der Waals surface area contributed by atoms with Gasteiger partial charge in [-0.15, -0.1) is 11.3 Å². The Hall–Kier alpha value is -0.910. The summed E-state index contributed by atoms with van der Waals surface area (Å²) in [6.07, 6.45) is 0. The number of benzene rings is 1. The summed E-state index contributed by atoms with van der Waals surface area (Å²) in [5.74, 6) is 0.573. The fourth-order valence-corrected chi connectivity index (χ4v) is 3.25. The number of rotatable bonds is 7. The molecule has 0 saturated heterocycles. The first kappa shape index (κ1) is 16.5. The van der Waals surface area contributed by atoms with E-state index in [-0.39, 0.29) is 5.82 Å². The van der Waals surface area contributed by atoms with E-state index in [2.05, 4.69) is 35.1 Å². The van der Waals surface area contributed by atoms with E-state index in [0.717, 1.165) is 20.8 Å². The van der Waals surface area contributed by atoms with Crippen LogP contribution in [-0.4, -0.2) is 6.54 Å². The third-order valence-electron chi connectivity index (χ3n) is 2.88. The number of hydrogen-bond acceptors (Lipinski definition) is 3. The van der Waals surface area contributed by atoms with Gasteiger partial charge in [0.15, 0.2) is 11.6 Å². The van der Waals surface area contributed by atoms with Gasteiger partial charge in [-0.2, -0.15) is 0 Å². The van der Waals surface area contributed by atoms with Crippen LogP contribution in [-0.2, 0) is 13.2 Å². The van der Waals surface area contributed by atoms with Gasteiger partial charge in [-0.25, -0.2) is 4.39 Å². The van der Waals surface area contributed by atoms with E-state index in [1.807, 2.05) is 18.2 Å². The SMILES string of the molecule is CC(C)CNCc1ccc(OCc2ccc(Br)s2)c(F)c1. The first-order valence-electron chi connectivity index (χ1n) is 6.90. The first-order chi connectivity index (χ1) is 10.0. The molecular formula is C16H19BrFNOS. The summed E-state index contributed by atoms with van der Waals surface area (Å²) in [6, 6.07) is 9.06. The lowest BCUT2D eigenvalue weighted by Crippen LogP contribution is -2.19. The molecule has 0 aliphatic heterocycles. The summed E-state index contributed by atoms with van der Waals surface area (Å²) in [6.45, 7) is 6.28. The molecule has 0 spiro atoms. The van der Waals surface area contributed by atoms with Crippen LogP contribution in [0.5, 0.6) is 5.75 Å².